The molecule has 0 bridgehead atoms. The average Bonchev–Trinajstić information content (AvgIpc) is 3.15. The lowest BCUT2D eigenvalue weighted by Crippen LogP contribution is -2.32. The van der Waals surface area contributed by atoms with Gasteiger partial charge in [0.25, 0.3) is 11.8 Å². The lowest BCUT2D eigenvalue weighted by Gasteiger charge is -2.14. The number of esters is 2. The van der Waals surface area contributed by atoms with Gasteiger partial charge in [0.1, 0.15) is 8.64 Å². The minimum absolute atomic E-state index is 0.0144. The van der Waals surface area contributed by atoms with Gasteiger partial charge in [-0.3, -0.25) is 29.0 Å². The summed E-state index contributed by atoms with van der Waals surface area (Å²) < 4.78 is 10.6. The lowest BCUT2D eigenvalue weighted by atomic mass is 10.3. The molecule has 0 N–H and O–H groups in total. The second-order valence-electron chi connectivity index (χ2n) is 6.25. The van der Waals surface area contributed by atoms with Crippen molar-refractivity contribution in [1.82, 2.24) is 9.80 Å². The fourth-order valence-corrected chi connectivity index (χ4v) is 5.21. The molecule has 164 valence electrons. The summed E-state index contributed by atoms with van der Waals surface area (Å²) in [5.41, 5.74) is 0. The zero-order valence-electron chi connectivity index (χ0n) is 16.6. The summed E-state index contributed by atoms with van der Waals surface area (Å²) in [6.07, 6.45) is 1.46. The van der Waals surface area contributed by atoms with E-state index in [-0.39, 0.29) is 44.4 Å². The van der Waals surface area contributed by atoms with Crippen molar-refractivity contribution in [2.45, 2.75) is 39.5 Å². The van der Waals surface area contributed by atoms with Crippen LogP contribution in [0.25, 0.3) is 0 Å². The number of hydrogen-bond acceptors (Lipinski definition) is 10. The van der Waals surface area contributed by atoms with E-state index < -0.39 is 23.8 Å². The Kier molecular flexibility index (Phi) is 9.72. The summed E-state index contributed by atoms with van der Waals surface area (Å²) in [4.78, 5) is 51.9. The van der Waals surface area contributed by atoms with Crippen LogP contribution >= 0.6 is 48.0 Å². The van der Waals surface area contributed by atoms with E-state index in [9.17, 15) is 19.2 Å². The molecular weight excluding hydrogens is 468 g/mol. The van der Waals surface area contributed by atoms with Crippen LogP contribution < -0.4 is 0 Å². The van der Waals surface area contributed by atoms with E-state index in [1.807, 2.05) is 13.8 Å². The number of thiocarbonyl (C=S) groups is 2. The quantitative estimate of drug-likeness (QED) is 0.258. The molecular formula is C18H22N2O6S4. The first-order valence-corrected chi connectivity index (χ1v) is 11.9. The highest BCUT2D eigenvalue weighted by Gasteiger charge is 2.42. The maximum absolute atomic E-state index is 12.8. The van der Waals surface area contributed by atoms with Gasteiger partial charge in [0.2, 0.25) is 0 Å². The van der Waals surface area contributed by atoms with E-state index in [2.05, 4.69) is 0 Å². The van der Waals surface area contributed by atoms with Crippen LogP contribution in [0.4, 0.5) is 0 Å². The van der Waals surface area contributed by atoms with Gasteiger partial charge in [-0.25, -0.2) is 0 Å². The first kappa shape index (κ1) is 24.8. The number of hydrogen-bond donors (Lipinski definition) is 0. The van der Waals surface area contributed by atoms with Crippen molar-refractivity contribution in [1.29, 1.82) is 0 Å². The van der Waals surface area contributed by atoms with Gasteiger partial charge in [-0.15, -0.1) is 0 Å². The van der Waals surface area contributed by atoms with Crippen LogP contribution in [0.5, 0.6) is 0 Å². The minimum Gasteiger partial charge on any atom is -0.466 e. The predicted molar refractivity (Wildman–Crippen MR) is 123 cm³/mol. The molecule has 12 heteroatoms. The fraction of sp³-hybridized carbons (Fsp3) is 0.556. The normalized spacial score (nSPS) is 19.1. The Bertz CT molecular complexity index is 734. The molecule has 0 aromatic heterocycles. The van der Waals surface area contributed by atoms with Crippen molar-refractivity contribution in [3.05, 3.63) is 9.81 Å². The number of nitrogens with zero attached hydrogens (tertiary/aromatic N) is 2. The van der Waals surface area contributed by atoms with Crippen molar-refractivity contribution in [3.8, 4) is 0 Å². The van der Waals surface area contributed by atoms with Crippen LogP contribution in [0, 0.1) is 0 Å². The second-order valence-corrected chi connectivity index (χ2v) is 9.54. The Morgan fingerprint density at radius 1 is 0.800 bits per heavy atom. The molecule has 30 heavy (non-hydrogen) atoms. The van der Waals surface area contributed by atoms with Gasteiger partial charge in [0, 0.05) is 13.1 Å². The molecule has 2 saturated heterocycles. The van der Waals surface area contributed by atoms with Crippen molar-refractivity contribution in [3.63, 3.8) is 0 Å². The zero-order valence-corrected chi connectivity index (χ0v) is 19.9. The van der Waals surface area contributed by atoms with E-state index in [4.69, 9.17) is 33.9 Å². The lowest BCUT2D eigenvalue weighted by molar-refractivity contribution is -0.145. The molecule has 0 unspecified atom stereocenters. The molecule has 0 aromatic rings. The van der Waals surface area contributed by atoms with Crippen LogP contribution in [0.1, 0.15) is 39.5 Å². The Morgan fingerprint density at radius 3 is 1.50 bits per heavy atom. The van der Waals surface area contributed by atoms with Crippen LogP contribution in [0.2, 0.25) is 0 Å². The molecule has 2 heterocycles. The summed E-state index contributed by atoms with van der Waals surface area (Å²) in [6.45, 7) is 4.59. The van der Waals surface area contributed by atoms with Crippen molar-refractivity contribution >= 4 is 80.4 Å². The fourth-order valence-electron chi connectivity index (χ4n) is 2.44. The predicted octanol–water partition coefficient (Wildman–Crippen LogP) is 2.61. The van der Waals surface area contributed by atoms with Gasteiger partial charge in [0.15, 0.2) is 0 Å². The maximum Gasteiger partial charge on any atom is 0.307 e. The number of thioether (sulfide) groups is 2. The topological polar surface area (TPSA) is 93.2 Å². The third kappa shape index (κ3) is 6.25. The molecule has 0 aromatic carbocycles. The van der Waals surface area contributed by atoms with Gasteiger partial charge in [-0.2, -0.15) is 0 Å². The SMILES string of the molecule is CCCOC(=O)CCN1C(=O)C(=C2SC(=S)N(CCC(=O)OCCC)C2=O)SC1=S. The number of carbonyl (C=O) groups excluding carboxylic acids is 4. The van der Waals surface area contributed by atoms with Gasteiger partial charge < -0.3 is 9.47 Å². The summed E-state index contributed by atoms with van der Waals surface area (Å²) in [5, 5.41) is 0. The third-order valence-electron chi connectivity index (χ3n) is 3.92. The Morgan fingerprint density at radius 2 is 1.17 bits per heavy atom. The van der Waals surface area contributed by atoms with Crippen molar-refractivity contribution < 1.29 is 28.7 Å². The molecule has 2 amide bonds. The van der Waals surface area contributed by atoms with Crippen LogP contribution in [0.15, 0.2) is 9.81 Å². The van der Waals surface area contributed by atoms with Gasteiger partial charge in [0.05, 0.1) is 35.9 Å². The number of amides is 2. The Labute approximate surface area is 194 Å². The Balaban J connectivity index is 2.02. The third-order valence-corrected chi connectivity index (χ3v) is 6.94. The molecule has 0 aliphatic carbocycles. The summed E-state index contributed by atoms with van der Waals surface area (Å²) in [7, 11) is 0. The van der Waals surface area contributed by atoms with E-state index in [0.29, 0.717) is 26.1 Å². The Hall–Kier alpha value is -1.50. The first-order valence-electron chi connectivity index (χ1n) is 9.43. The van der Waals surface area contributed by atoms with Crippen LogP contribution in [-0.4, -0.2) is 68.5 Å². The van der Waals surface area contributed by atoms with E-state index in [1.165, 1.54) is 9.80 Å². The van der Waals surface area contributed by atoms with Crippen molar-refractivity contribution in [2.24, 2.45) is 0 Å². The highest BCUT2D eigenvalue weighted by Crippen LogP contribution is 2.42. The van der Waals surface area contributed by atoms with Gasteiger partial charge in [-0.1, -0.05) is 61.8 Å². The summed E-state index contributed by atoms with van der Waals surface area (Å²) in [5.74, 6) is -1.69. The largest absolute Gasteiger partial charge is 0.466 e. The number of ether oxygens (including phenoxy) is 2. The highest BCUT2D eigenvalue weighted by molar-refractivity contribution is 8.29. The molecule has 2 aliphatic rings. The standard InChI is InChI=1S/C18H22N2O6S4/c1-3-9-25-11(21)5-7-19-15(23)13(29-17(19)27)14-16(24)20(18(28)30-14)8-6-12(22)26-10-4-2/h3-10H2,1-2H3. The number of rotatable bonds is 10. The molecule has 2 rings (SSSR count). The molecule has 2 aliphatic heterocycles. The number of carbonyl (C=O) groups is 4. The zero-order chi connectivity index (χ0) is 22.3. The molecule has 0 radical (unpaired) electrons. The smallest absolute Gasteiger partial charge is 0.307 e. The molecule has 8 nitrogen and oxygen atoms in total. The van der Waals surface area contributed by atoms with Crippen molar-refractivity contribution in [2.75, 3.05) is 26.3 Å². The first-order chi connectivity index (χ1) is 14.3. The molecule has 2 fully saturated rings. The van der Waals surface area contributed by atoms with Gasteiger partial charge in [-0.05, 0) is 12.8 Å². The summed E-state index contributed by atoms with van der Waals surface area (Å²) in [6, 6.07) is 0. The average molecular weight is 491 g/mol. The van der Waals surface area contributed by atoms with Crippen LogP contribution in [-0.2, 0) is 28.7 Å². The van der Waals surface area contributed by atoms with E-state index in [0.717, 1.165) is 23.5 Å². The second kappa shape index (κ2) is 11.8. The van der Waals surface area contributed by atoms with E-state index in [1.54, 1.807) is 0 Å². The van der Waals surface area contributed by atoms with E-state index >= 15 is 0 Å². The molecule has 0 saturated carbocycles. The highest BCUT2D eigenvalue weighted by atomic mass is 32.2. The summed E-state index contributed by atoms with van der Waals surface area (Å²) >= 11 is 12.5. The molecule has 0 spiro atoms. The maximum atomic E-state index is 12.8. The van der Waals surface area contributed by atoms with Gasteiger partial charge >= 0.3 is 11.9 Å². The molecule has 0 atom stereocenters. The minimum atomic E-state index is -0.434. The monoisotopic (exact) mass is 490 g/mol. The van der Waals surface area contributed by atoms with Crippen LogP contribution in [0.3, 0.4) is 0 Å².